The molecule has 0 bridgehead atoms. The second-order valence-electron chi connectivity index (χ2n) is 16.4. The van der Waals surface area contributed by atoms with Crippen molar-refractivity contribution in [1.82, 2.24) is 19.3 Å². The van der Waals surface area contributed by atoms with Crippen LogP contribution >= 0.6 is 11.8 Å². The van der Waals surface area contributed by atoms with Crippen LogP contribution in [0.4, 0.5) is 22.0 Å². The van der Waals surface area contributed by atoms with E-state index in [1.807, 2.05) is 12.1 Å². The lowest BCUT2D eigenvalue weighted by Gasteiger charge is -2.35. The maximum absolute atomic E-state index is 13.9. The Labute approximate surface area is 375 Å². The zero-order chi connectivity index (χ0) is 45.8. The van der Waals surface area contributed by atoms with Crippen LogP contribution in [-0.2, 0) is 53.5 Å². The maximum Gasteiger partial charge on any atom is 0.416 e. The maximum atomic E-state index is 13.9. The number of aliphatic hydroxyl groups is 1. The van der Waals surface area contributed by atoms with E-state index < -0.39 is 30.5 Å². The molecule has 7 rings (SSSR count). The molecule has 1 aromatic heterocycles. The molecule has 4 aliphatic rings. The fraction of sp³-hybridized carbons (Fsp3) is 0.422. The summed E-state index contributed by atoms with van der Waals surface area (Å²) in [6.45, 7) is 1.95. The van der Waals surface area contributed by atoms with Crippen LogP contribution < -0.4 is 21.7 Å². The largest absolute Gasteiger partial charge is 0.498 e. The number of aryl methyl sites for hydroxylation is 1. The van der Waals surface area contributed by atoms with Crippen LogP contribution in [-0.4, -0.2) is 124 Å². The van der Waals surface area contributed by atoms with Crippen molar-refractivity contribution in [3.63, 3.8) is 0 Å². The minimum absolute atomic E-state index is 0.00286. The van der Waals surface area contributed by atoms with Crippen molar-refractivity contribution in [2.24, 2.45) is 12.8 Å². The Balaban J connectivity index is 0.939. The number of methoxy groups -OCH3 is 1. The summed E-state index contributed by atoms with van der Waals surface area (Å²) in [5.41, 5.74) is 9.17. The molecule has 6 amide bonds. The lowest BCUT2D eigenvalue weighted by molar-refractivity contribution is -0.130. The molecule has 0 radical (unpaired) electrons. The van der Waals surface area contributed by atoms with E-state index in [4.69, 9.17) is 19.9 Å². The zero-order valence-electron chi connectivity index (χ0n) is 36.4. The van der Waals surface area contributed by atoms with Gasteiger partial charge in [0.2, 0.25) is 17.7 Å². The van der Waals surface area contributed by atoms with Crippen LogP contribution in [0.5, 0.6) is 0 Å². The molecule has 64 heavy (non-hydrogen) atoms. The summed E-state index contributed by atoms with van der Waals surface area (Å²) in [5.74, 6) is -0.512. The van der Waals surface area contributed by atoms with Gasteiger partial charge in [0.1, 0.15) is 24.3 Å². The van der Waals surface area contributed by atoms with Crippen LogP contribution in [0.3, 0.4) is 0 Å². The molecule has 340 valence electrons. The number of carbonyl (C=O) groups excluding carboxylic acids is 6. The van der Waals surface area contributed by atoms with Crippen molar-refractivity contribution in [2.45, 2.75) is 86.6 Å². The number of ether oxygens (including phenoxy) is 3. The summed E-state index contributed by atoms with van der Waals surface area (Å²) in [5, 5.41) is 19.9. The van der Waals surface area contributed by atoms with E-state index in [2.05, 4.69) is 16.0 Å². The highest BCUT2D eigenvalue weighted by molar-refractivity contribution is 8.01. The number of nitrogens with zero attached hydrogens (tertiary/aromatic N) is 4. The molecular formula is C45H54N8O10S. The van der Waals surface area contributed by atoms with Crippen LogP contribution in [0.25, 0.3) is 0 Å². The molecule has 18 nitrogen and oxygen atoms in total. The third kappa shape index (κ3) is 10.1. The average molecular weight is 899 g/mol. The minimum Gasteiger partial charge on any atom is -0.498 e. The highest BCUT2D eigenvalue weighted by Gasteiger charge is 2.47. The number of hydrogen-bond acceptors (Lipinski definition) is 12. The van der Waals surface area contributed by atoms with Crippen molar-refractivity contribution in [3.8, 4) is 0 Å². The first-order chi connectivity index (χ1) is 30.6. The van der Waals surface area contributed by atoms with Crippen LogP contribution in [0.1, 0.15) is 60.5 Å². The number of thioether (sulfide) groups is 1. The molecule has 2 aromatic carbocycles. The Bertz CT molecular complexity index is 2380. The molecule has 5 atom stereocenters. The highest BCUT2D eigenvalue weighted by atomic mass is 32.2. The van der Waals surface area contributed by atoms with Crippen LogP contribution in [0.2, 0.25) is 0 Å². The molecule has 4 heterocycles. The Kier molecular flexibility index (Phi) is 14.1. The van der Waals surface area contributed by atoms with E-state index in [-0.39, 0.29) is 72.1 Å². The number of nitrogens with one attached hydrogen (secondary N) is 3. The van der Waals surface area contributed by atoms with Crippen molar-refractivity contribution >= 4 is 64.6 Å². The van der Waals surface area contributed by atoms with E-state index in [1.54, 1.807) is 85.0 Å². The smallest absolute Gasteiger partial charge is 0.416 e. The van der Waals surface area contributed by atoms with Gasteiger partial charge in [0.25, 0.3) is 11.8 Å². The van der Waals surface area contributed by atoms with Gasteiger partial charge in [-0.2, -0.15) is 0 Å². The number of hydrogen-bond donors (Lipinski definition) is 5. The van der Waals surface area contributed by atoms with E-state index in [0.29, 0.717) is 66.3 Å². The van der Waals surface area contributed by atoms with Crippen LogP contribution in [0, 0.1) is 0 Å². The molecule has 1 fully saturated rings. The van der Waals surface area contributed by atoms with E-state index in [0.717, 1.165) is 15.4 Å². The van der Waals surface area contributed by atoms with Gasteiger partial charge < -0.3 is 55.4 Å². The number of nitrogens with two attached hydrogens (primary N) is 1. The lowest BCUT2D eigenvalue weighted by Crippen LogP contribution is -2.50. The number of amides is 6. The molecule has 1 saturated heterocycles. The molecule has 3 aliphatic heterocycles. The Morgan fingerprint density at radius 1 is 1.02 bits per heavy atom. The van der Waals surface area contributed by atoms with Gasteiger partial charge in [-0.25, -0.2) is 4.79 Å². The summed E-state index contributed by atoms with van der Waals surface area (Å²) in [6.07, 6.45) is 2.28. The summed E-state index contributed by atoms with van der Waals surface area (Å²) in [4.78, 5) is 83.9. The van der Waals surface area contributed by atoms with Crippen molar-refractivity contribution in [3.05, 3.63) is 94.5 Å². The first-order valence-corrected chi connectivity index (χ1v) is 22.0. The highest BCUT2D eigenvalue weighted by Crippen LogP contribution is 2.40. The third-order valence-electron chi connectivity index (χ3n) is 11.5. The minimum atomic E-state index is -1.39. The monoisotopic (exact) mass is 898 g/mol. The second-order valence-corrected chi connectivity index (χ2v) is 17.6. The third-order valence-corrected chi connectivity index (χ3v) is 12.8. The molecule has 0 spiro atoms. The number of anilines is 3. The summed E-state index contributed by atoms with van der Waals surface area (Å²) < 4.78 is 19.2. The Morgan fingerprint density at radius 3 is 2.48 bits per heavy atom. The summed E-state index contributed by atoms with van der Waals surface area (Å²) in [6, 6.07) is 12.5. The molecule has 0 saturated carbocycles. The fourth-order valence-electron chi connectivity index (χ4n) is 8.10. The van der Waals surface area contributed by atoms with Gasteiger partial charge in [0.05, 0.1) is 35.6 Å². The number of aliphatic hydroxyl groups excluding tert-OH is 1. The summed E-state index contributed by atoms with van der Waals surface area (Å²) in [7, 11) is 6.65. The molecule has 6 N–H and O–H groups in total. The van der Waals surface area contributed by atoms with Gasteiger partial charge >= 0.3 is 6.09 Å². The predicted molar refractivity (Wildman–Crippen MR) is 238 cm³/mol. The quantitative estimate of drug-likeness (QED) is 0.145. The average Bonchev–Trinajstić information content (AvgIpc) is 4.02. The number of fused-ring (bicyclic) bond motifs is 2. The van der Waals surface area contributed by atoms with Gasteiger partial charge in [0.15, 0.2) is 6.23 Å². The Morgan fingerprint density at radius 2 is 1.77 bits per heavy atom. The standard InChI is InChI=1S/C45H54N8O10S/c1-25(46)40(55)47-29-12-10-26(11-13-29)24-63-45(60)53-33-22-35(34(61-5)21-31(33)42(57)52-16-6-8-32(52)43(53)58)62-17-7-9-39(54)49-38-20-28(23-51(38)4)41(56)48-30-14-15-36-27(18-30)19-37(64-36)44(59)50(2)3/h10-15,18,20-21,23,25,32,35,37,43,58H,6-9,16-17,19,22,24,46H2,1-5H3,(H,47,55)(H,48,56)(H,49,54). The topological polar surface area (TPSA) is 227 Å². The predicted octanol–water partition coefficient (Wildman–Crippen LogP) is 3.92. The van der Waals surface area contributed by atoms with Gasteiger partial charge in [-0.15, -0.1) is 11.8 Å². The van der Waals surface area contributed by atoms with Crippen molar-refractivity contribution in [2.75, 3.05) is 50.3 Å². The van der Waals surface area contributed by atoms with Crippen molar-refractivity contribution < 1.29 is 48.1 Å². The molecule has 3 aromatic rings. The number of rotatable bonds is 14. The molecular weight excluding hydrogens is 845 g/mol. The second kappa shape index (κ2) is 19.7. The van der Waals surface area contributed by atoms with Gasteiger partial charge in [0, 0.05) is 75.3 Å². The van der Waals surface area contributed by atoms with Gasteiger partial charge in [-0.05, 0) is 86.2 Å². The zero-order valence-corrected chi connectivity index (χ0v) is 37.2. The van der Waals surface area contributed by atoms with Crippen LogP contribution in [0.15, 0.2) is 82.7 Å². The number of benzene rings is 2. The van der Waals surface area contributed by atoms with Crippen molar-refractivity contribution in [1.29, 1.82) is 0 Å². The van der Waals surface area contributed by atoms with E-state index in [1.165, 1.54) is 24.9 Å². The van der Waals surface area contributed by atoms with E-state index >= 15 is 0 Å². The molecule has 1 aliphatic carbocycles. The normalized spacial score (nSPS) is 20.6. The molecule has 19 heteroatoms. The fourth-order valence-corrected chi connectivity index (χ4v) is 9.42. The first kappa shape index (κ1) is 45.9. The first-order valence-electron chi connectivity index (χ1n) is 21.1. The number of carbonyl (C=O) groups is 6. The Hall–Kier alpha value is -6.15. The molecule has 5 unspecified atom stereocenters. The lowest BCUT2D eigenvalue weighted by atomic mass is 9.97. The van der Waals surface area contributed by atoms with Gasteiger partial charge in [-0.3, -0.25) is 28.9 Å². The van der Waals surface area contributed by atoms with Gasteiger partial charge in [-0.1, -0.05) is 12.1 Å². The summed E-state index contributed by atoms with van der Waals surface area (Å²) >= 11 is 1.52. The number of aromatic nitrogens is 1. The van der Waals surface area contributed by atoms with E-state index in [9.17, 15) is 33.9 Å². The SMILES string of the molecule is COC1=CC2=C(CC1OCCCC(=O)Nc1cc(C(=O)Nc3ccc4c(c3)CC(C(=O)N(C)C)S4)cn1C)N(C(=O)OCc1ccc(NC(=O)C(C)N)cc1)C(O)C1CCCN1C2=O.